The van der Waals surface area contributed by atoms with Gasteiger partial charge in [0.2, 0.25) is 5.91 Å². The van der Waals surface area contributed by atoms with E-state index in [-0.39, 0.29) is 11.7 Å². The van der Waals surface area contributed by atoms with Crippen molar-refractivity contribution >= 4 is 11.7 Å². The molecule has 1 aromatic carbocycles. The van der Waals surface area contributed by atoms with Crippen molar-refractivity contribution in [3.05, 3.63) is 35.9 Å². The van der Waals surface area contributed by atoms with Crippen LogP contribution in [0.4, 0.5) is 0 Å². The number of benzene rings is 1. The molecular weight excluding hydrogens is 190 g/mol. The monoisotopic (exact) mass is 205 g/mol. The predicted molar refractivity (Wildman–Crippen MR) is 58.6 cm³/mol. The summed E-state index contributed by atoms with van der Waals surface area (Å²) in [4.78, 5) is 24.7. The molecule has 80 valence electrons. The minimum Gasteiger partial charge on any atom is -0.348 e. The Bertz CT molecular complexity index is 357. The van der Waals surface area contributed by atoms with Crippen molar-refractivity contribution in [3.8, 4) is 0 Å². The standard InChI is InChI=1S/C12H15NO2/c1-9(14)11(12(15)13(2)3)10-7-5-4-6-8-10/h4-8,11H,1-3H3/t11-/m0/s1. The fraction of sp³-hybridized carbons (Fsp3) is 0.333. The molecule has 0 spiro atoms. The second-order valence-corrected chi connectivity index (χ2v) is 3.69. The lowest BCUT2D eigenvalue weighted by atomic mass is 9.94. The van der Waals surface area contributed by atoms with Crippen LogP contribution in [0.25, 0.3) is 0 Å². The van der Waals surface area contributed by atoms with E-state index in [0.29, 0.717) is 0 Å². The third kappa shape index (κ3) is 2.65. The molecule has 0 fully saturated rings. The molecule has 0 N–H and O–H groups in total. The average molecular weight is 205 g/mol. The number of hydrogen-bond acceptors (Lipinski definition) is 2. The summed E-state index contributed by atoms with van der Waals surface area (Å²) in [6.07, 6.45) is 0. The Labute approximate surface area is 89.7 Å². The molecule has 3 nitrogen and oxygen atoms in total. The Balaban J connectivity index is 3.05. The lowest BCUT2D eigenvalue weighted by molar-refractivity contribution is -0.135. The first-order chi connectivity index (χ1) is 7.04. The van der Waals surface area contributed by atoms with Crippen LogP contribution in [0.3, 0.4) is 0 Å². The maximum Gasteiger partial charge on any atom is 0.237 e. The summed E-state index contributed by atoms with van der Waals surface area (Å²) in [7, 11) is 3.31. The smallest absolute Gasteiger partial charge is 0.237 e. The molecule has 0 bridgehead atoms. The highest BCUT2D eigenvalue weighted by atomic mass is 16.2. The van der Waals surface area contributed by atoms with Crippen molar-refractivity contribution < 1.29 is 9.59 Å². The predicted octanol–water partition coefficient (Wildman–Crippen LogP) is 1.45. The molecule has 0 aromatic heterocycles. The van der Waals surface area contributed by atoms with Gasteiger partial charge in [-0.1, -0.05) is 30.3 Å². The Morgan fingerprint density at radius 2 is 1.67 bits per heavy atom. The number of nitrogens with zero attached hydrogens (tertiary/aromatic N) is 1. The van der Waals surface area contributed by atoms with Gasteiger partial charge < -0.3 is 4.90 Å². The Morgan fingerprint density at radius 3 is 2.07 bits per heavy atom. The average Bonchev–Trinajstić information content (AvgIpc) is 2.18. The third-order valence-corrected chi connectivity index (χ3v) is 2.23. The van der Waals surface area contributed by atoms with E-state index in [4.69, 9.17) is 0 Å². The Morgan fingerprint density at radius 1 is 1.13 bits per heavy atom. The first kappa shape index (κ1) is 11.4. The van der Waals surface area contributed by atoms with Gasteiger partial charge in [0.25, 0.3) is 0 Å². The summed E-state index contributed by atoms with van der Waals surface area (Å²) in [5.74, 6) is -0.963. The summed E-state index contributed by atoms with van der Waals surface area (Å²) < 4.78 is 0. The zero-order valence-electron chi connectivity index (χ0n) is 9.23. The maximum atomic E-state index is 11.8. The zero-order valence-corrected chi connectivity index (χ0v) is 9.23. The summed E-state index contributed by atoms with van der Waals surface area (Å²) in [6, 6.07) is 9.12. The molecule has 3 heteroatoms. The molecule has 0 aliphatic rings. The normalized spacial score (nSPS) is 11.9. The second-order valence-electron chi connectivity index (χ2n) is 3.69. The number of carbonyl (C=O) groups excluding carboxylic acids is 2. The van der Waals surface area contributed by atoms with E-state index in [1.54, 1.807) is 26.2 Å². The van der Waals surface area contributed by atoms with E-state index in [9.17, 15) is 9.59 Å². The van der Waals surface area contributed by atoms with E-state index >= 15 is 0 Å². The molecule has 0 aliphatic heterocycles. The van der Waals surface area contributed by atoms with Crippen molar-refractivity contribution in [2.75, 3.05) is 14.1 Å². The van der Waals surface area contributed by atoms with E-state index < -0.39 is 5.92 Å². The van der Waals surface area contributed by atoms with Gasteiger partial charge in [-0.05, 0) is 12.5 Å². The molecule has 0 heterocycles. The largest absolute Gasteiger partial charge is 0.348 e. The van der Waals surface area contributed by atoms with Crippen LogP contribution >= 0.6 is 0 Å². The van der Waals surface area contributed by atoms with Crippen molar-refractivity contribution in [2.24, 2.45) is 0 Å². The summed E-state index contributed by atoms with van der Waals surface area (Å²) in [6.45, 7) is 1.44. The number of ketones is 1. The van der Waals surface area contributed by atoms with Crippen LogP contribution in [0.15, 0.2) is 30.3 Å². The van der Waals surface area contributed by atoms with Gasteiger partial charge in [0.15, 0.2) is 0 Å². The van der Waals surface area contributed by atoms with Crippen LogP contribution in [0, 0.1) is 0 Å². The molecule has 1 aromatic rings. The van der Waals surface area contributed by atoms with Crippen LogP contribution in [-0.2, 0) is 9.59 Å². The van der Waals surface area contributed by atoms with Gasteiger partial charge in [-0.15, -0.1) is 0 Å². The lowest BCUT2D eigenvalue weighted by Gasteiger charge is -2.18. The molecular formula is C12H15NO2. The van der Waals surface area contributed by atoms with Crippen LogP contribution in [-0.4, -0.2) is 30.7 Å². The Kier molecular flexibility index (Phi) is 3.61. The van der Waals surface area contributed by atoms with Gasteiger partial charge >= 0.3 is 0 Å². The molecule has 1 atom stereocenters. The number of rotatable bonds is 3. The molecule has 1 amide bonds. The second kappa shape index (κ2) is 4.73. The van der Waals surface area contributed by atoms with Gasteiger partial charge in [0, 0.05) is 14.1 Å². The maximum absolute atomic E-state index is 11.8. The summed E-state index contributed by atoms with van der Waals surface area (Å²) in [5, 5.41) is 0. The zero-order chi connectivity index (χ0) is 11.4. The number of amides is 1. The van der Waals surface area contributed by atoms with Gasteiger partial charge in [0.05, 0.1) is 0 Å². The molecule has 0 saturated heterocycles. The minimum atomic E-state index is -0.666. The van der Waals surface area contributed by atoms with Gasteiger partial charge in [-0.3, -0.25) is 9.59 Å². The fourth-order valence-corrected chi connectivity index (χ4v) is 1.45. The molecule has 15 heavy (non-hydrogen) atoms. The minimum absolute atomic E-state index is 0.125. The van der Waals surface area contributed by atoms with Crippen molar-refractivity contribution in [1.82, 2.24) is 4.90 Å². The fourth-order valence-electron chi connectivity index (χ4n) is 1.45. The van der Waals surface area contributed by atoms with Crippen molar-refractivity contribution in [3.63, 3.8) is 0 Å². The van der Waals surface area contributed by atoms with E-state index in [0.717, 1.165) is 5.56 Å². The third-order valence-electron chi connectivity index (χ3n) is 2.23. The number of carbonyl (C=O) groups is 2. The number of Topliss-reactive ketones (excluding diaryl/α,β-unsaturated/α-hetero) is 1. The summed E-state index contributed by atoms with van der Waals surface area (Å²) in [5.41, 5.74) is 0.753. The molecule has 0 saturated carbocycles. The van der Waals surface area contributed by atoms with Gasteiger partial charge in [-0.25, -0.2) is 0 Å². The van der Waals surface area contributed by atoms with E-state index in [1.807, 2.05) is 18.2 Å². The highest BCUT2D eigenvalue weighted by molar-refractivity contribution is 6.05. The first-order valence-electron chi connectivity index (χ1n) is 4.80. The van der Waals surface area contributed by atoms with E-state index in [2.05, 4.69) is 0 Å². The molecule has 0 radical (unpaired) electrons. The molecule has 0 unspecified atom stereocenters. The van der Waals surface area contributed by atoms with Crippen LogP contribution in [0.5, 0.6) is 0 Å². The topological polar surface area (TPSA) is 37.4 Å². The highest BCUT2D eigenvalue weighted by Crippen LogP contribution is 2.18. The highest BCUT2D eigenvalue weighted by Gasteiger charge is 2.26. The Hall–Kier alpha value is -1.64. The lowest BCUT2D eigenvalue weighted by Crippen LogP contribution is -2.31. The number of likely N-dealkylation sites (N-methyl/N-ethyl adjacent to an activating group) is 1. The van der Waals surface area contributed by atoms with Crippen molar-refractivity contribution in [1.29, 1.82) is 0 Å². The quantitative estimate of drug-likeness (QED) is 0.700. The molecule has 1 rings (SSSR count). The summed E-state index contributed by atoms with van der Waals surface area (Å²) >= 11 is 0. The van der Waals surface area contributed by atoms with Gasteiger partial charge in [0.1, 0.15) is 11.7 Å². The SMILES string of the molecule is CC(=O)[C@H](C(=O)N(C)C)c1ccccc1. The van der Waals surface area contributed by atoms with E-state index in [1.165, 1.54) is 11.8 Å². The van der Waals surface area contributed by atoms with Crippen molar-refractivity contribution in [2.45, 2.75) is 12.8 Å². The van der Waals surface area contributed by atoms with Crippen LogP contribution in [0.1, 0.15) is 18.4 Å². The van der Waals surface area contributed by atoms with Gasteiger partial charge in [-0.2, -0.15) is 0 Å². The van der Waals surface area contributed by atoms with Crippen LogP contribution < -0.4 is 0 Å². The van der Waals surface area contributed by atoms with Crippen LogP contribution in [0.2, 0.25) is 0 Å². The first-order valence-corrected chi connectivity index (χ1v) is 4.80. The molecule has 0 aliphatic carbocycles. The number of hydrogen-bond donors (Lipinski definition) is 0.